The first-order valence-electron chi connectivity index (χ1n) is 10.2. The maximum absolute atomic E-state index is 13.1. The fourth-order valence-electron chi connectivity index (χ4n) is 3.82. The van der Waals surface area contributed by atoms with Crippen molar-refractivity contribution in [3.8, 4) is 11.4 Å². The molecular formula is C24H25ClN4O2. The lowest BCUT2D eigenvalue weighted by Crippen LogP contribution is -2.36. The number of benzene rings is 1. The molecule has 0 N–H and O–H groups in total. The number of hydrogen-bond donors (Lipinski definition) is 0. The van der Waals surface area contributed by atoms with E-state index < -0.39 is 0 Å². The van der Waals surface area contributed by atoms with Crippen LogP contribution in [0, 0.1) is 13.8 Å². The lowest BCUT2D eigenvalue weighted by Gasteiger charge is -2.29. The first kappa shape index (κ1) is 21.1. The van der Waals surface area contributed by atoms with Crippen molar-refractivity contribution < 1.29 is 9.53 Å². The largest absolute Gasteiger partial charge is 0.495 e. The number of halogens is 1. The average molecular weight is 437 g/mol. The highest BCUT2D eigenvalue weighted by Crippen LogP contribution is 2.28. The van der Waals surface area contributed by atoms with Crippen molar-refractivity contribution in [1.29, 1.82) is 0 Å². The summed E-state index contributed by atoms with van der Waals surface area (Å²) in [4.78, 5) is 23.6. The Hall–Kier alpha value is -3.12. The second-order valence-electron chi connectivity index (χ2n) is 7.75. The van der Waals surface area contributed by atoms with Gasteiger partial charge in [-0.1, -0.05) is 17.7 Å². The van der Waals surface area contributed by atoms with Gasteiger partial charge >= 0.3 is 0 Å². The minimum Gasteiger partial charge on any atom is -0.495 e. The van der Waals surface area contributed by atoms with Crippen molar-refractivity contribution in [3.05, 3.63) is 76.1 Å². The number of aromatic nitrogens is 3. The molecule has 0 radical (unpaired) electrons. The average Bonchev–Trinajstić information content (AvgIpc) is 3.19. The minimum absolute atomic E-state index is 0.0545. The zero-order valence-corrected chi connectivity index (χ0v) is 18.7. The van der Waals surface area contributed by atoms with E-state index in [1.165, 1.54) is 0 Å². The molecule has 160 valence electrons. The van der Waals surface area contributed by atoms with Crippen LogP contribution in [-0.4, -0.2) is 39.0 Å². The van der Waals surface area contributed by atoms with E-state index >= 15 is 0 Å². The van der Waals surface area contributed by atoms with Crippen LogP contribution in [0.1, 0.15) is 35.4 Å². The van der Waals surface area contributed by atoms with Crippen LogP contribution in [0.15, 0.2) is 48.6 Å². The zero-order valence-electron chi connectivity index (χ0n) is 17.9. The fraction of sp³-hybridized carbons (Fsp3) is 0.292. The molecule has 31 heavy (non-hydrogen) atoms. The van der Waals surface area contributed by atoms with Crippen LogP contribution in [0.2, 0.25) is 5.02 Å². The maximum Gasteiger partial charge on any atom is 0.250 e. The Morgan fingerprint density at radius 1 is 1.23 bits per heavy atom. The smallest absolute Gasteiger partial charge is 0.250 e. The van der Waals surface area contributed by atoms with E-state index in [4.69, 9.17) is 16.3 Å². The summed E-state index contributed by atoms with van der Waals surface area (Å²) >= 11 is 6.10. The molecule has 1 aliphatic heterocycles. The number of amides is 1. The number of nitrogens with zero attached hydrogens (tertiary/aromatic N) is 4. The van der Waals surface area contributed by atoms with Gasteiger partial charge in [0.25, 0.3) is 0 Å². The minimum atomic E-state index is 0.0545. The maximum atomic E-state index is 13.1. The third-order valence-electron chi connectivity index (χ3n) is 5.49. The van der Waals surface area contributed by atoms with E-state index in [0.29, 0.717) is 11.6 Å². The summed E-state index contributed by atoms with van der Waals surface area (Å²) in [7, 11) is 1.65. The molecule has 0 spiro atoms. The Morgan fingerprint density at radius 2 is 2.06 bits per heavy atom. The van der Waals surface area contributed by atoms with Crippen LogP contribution in [0.5, 0.6) is 5.75 Å². The highest BCUT2D eigenvalue weighted by molar-refractivity contribution is 6.30. The summed E-state index contributed by atoms with van der Waals surface area (Å²) in [5.74, 6) is 0.784. The van der Waals surface area contributed by atoms with Crippen molar-refractivity contribution in [2.24, 2.45) is 0 Å². The van der Waals surface area contributed by atoms with Crippen molar-refractivity contribution in [1.82, 2.24) is 19.4 Å². The van der Waals surface area contributed by atoms with Crippen LogP contribution in [0.3, 0.4) is 0 Å². The molecule has 1 fully saturated rings. The SMILES string of the molecule is COc1cc(/C=C2\CCCN(Cc3cc(Cl)cnc3C)C2=O)ccc1-n1cnc(C)c1. The lowest BCUT2D eigenvalue weighted by molar-refractivity contribution is -0.129. The molecule has 4 rings (SSSR count). The molecule has 0 bridgehead atoms. The first-order valence-corrected chi connectivity index (χ1v) is 10.6. The Morgan fingerprint density at radius 3 is 2.81 bits per heavy atom. The third kappa shape index (κ3) is 4.64. The van der Waals surface area contributed by atoms with Gasteiger partial charge in [-0.3, -0.25) is 9.78 Å². The van der Waals surface area contributed by atoms with Gasteiger partial charge in [-0.15, -0.1) is 0 Å². The topological polar surface area (TPSA) is 60.2 Å². The van der Waals surface area contributed by atoms with Crippen LogP contribution >= 0.6 is 11.6 Å². The molecule has 0 unspecified atom stereocenters. The van der Waals surface area contributed by atoms with E-state index in [2.05, 4.69) is 9.97 Å². The van der Waals surface area contributed by atoms with Crippen molar-refractivity contribution in [2.75, 3.05) is 13.7 Å². The van der Waals surface area contributed by atoms with Crippen LogP contribution in [0.25, 0.3) is 11.8 Å². The van der Waals surface area contributed by atoms with E-state index in [1.807, 2.05) is 59.9 Å². The molecule has 0 atom stereocenters. The number of carbonyl (C=O) groups excluding carboxylic acids is 1. The lowest BCUT2D eigenvalue weighted by atomic mass is 9.99. The second kappa shape index (κ2) is 8.94. The van der Waals surface area contributed by atoms with E-state index in [1.54, 1.807) is 19.6 Å². The van der Waals surface area contributed by atoms with Gasteiger partial charge in [-0.2, -0.15) is 0 Å². The third-order valence-corrected chi connectivity index (χ3v) is 5.70. The normalized spacial score (nSPS) is 15.5. The van der Waals surface area contributed by atoms with Crippen molar-refractivity contribution in [2.45, 2.75) is 33.2 Å². The van der Waals surface area contributed by atoms with Gasteiger partial charge in [0, 0.05) is 36.8 Å². The summed E-state index contributed by atoms with van der Waals surface area (Å²) in [6.45, 7) is 5.12. The number of imidazole rings is 1. The molecule has 1 aromatic carbocycles. The van der Waals surface area contributed by atoms with Crippen LogP contribution in [-0.2, 0) is 11.3 Å². The van der Waals surface area contributed by atoms with Gasteiger partial charge in [0.05, 0.1) is 29.8 Å². The summed E-state index contributed by atoms with van der Waals surface area (Å²) in [5, 5.41) is 0.584. The molecule has 2 aromatic heterocycles. The number of piperidine rings is 1. The number of rotatable bonds is 5. The number of likely N-dealkylation sites (tertiary alicyclic amines) is 1. The highest BCUT2D eigenvalue weighted by atomic mass is 35.5. The monoisotopic (exact) mass is 436 g/mol. The number of carbonyl (C=O) groups is 1. The van der Waals surface area contributed by atoms with Gasteiger partial charge in [-0.25, -0.2) is 4.98 Å². The molecular weight excluding hydrogens is 412 g/mol. The predicted octanol–water partition coefficient (Wildman–Crippen LogP) is 4.75. The second-order valence-corrected chi connectivity index (χ2v) is 8.19. The van der Waals surface area contributed by atoms with Gasteiger partial charge < -0.3 is 14.2 Å². The van der Waals surface area contributed by atoms with Gasteiger partial charge in [0.2, 0.25) is 5.91 Å². The Balaban J connectivity index is 1.58. The van der Waals surface area contributed by atoms with Crippen LogP contribution in [0.4, 0.5) is 0 Å². The van der Waals surface area contributed by atoms with E-state index in [9.17, 15) is 4.79 Å². The number of pyridine rings is 1. The quantitative estimate of drug-likeness (QED) is 0.541. The molecule has 1 amide bonds. The first-order chi connectivity index (χ1) is 14.9. The van der Waals surface area contributed by atoms with E-state index in [-0.39, 0.29) is 5.91 Å². The summed E-state index contributed by atoms with van der Waals surface area (Å²) < 4.78 is 7.53. The molecule has 3 aromatic rings. The number of methoxy groups -OCH3 is 1. The molecule has 1 aliphatic rings. The summed E-state index contributed by atoms with van der Waals surface area (Å²) in [5.41, 5.74) is 5.44. The molecule has 0 saturated carbocycles. The zero-order chi connectivity index (χ0) is 22.0. The summed E-state index contributed by atoms with van der Waals surface area (Å²) in [6.07, 6.45) is 8.99. The number of ether oxygens (including phenoxy) is 1. The van der Waals surface area contributed by atoms with Crippen LogP contribution < -0.4 is 4.74 Å². The molecule has 0 aliphatic carbocycles. The molecule has 3 heterocycles. The predicted molar refractivity (Wildman–Crippen MR) is 121 cm³/mol. The standard InChI is InChI=1S/C24H25ClN4O2/c1-16-13-29(15-27-16)22-7-6-18(10-23(22)31-3)9-19-5-4-8-28(24(19)30)14-20-11-21(25)12-26-17(20)2/h6-7,9-13,15H,4-5,8,14H2,1-3H3/b19-9+. The molecule has 7 heteroatoms. The highest BCUT2D eigenvalue weighted by Gasteiger charge is 2.24. The van der Waals surface area contributed by atoms with Gasteiger partial charge in [0.1, 0.15) is 5.75 Å². The summed E-state index contributed by atoms with van der Waals surface area (Å²) in [6, 6.07) is 7.82. The van der Waals surface area contributed by atoms with Crippen molar-refractivity contribution >= 4 is 23.6 Å². The molecule has 1 saturated heterocycles. The van der Waals surface area contributed by atoms with E-state index in [0.717, 1.165) is 58.9 Å². The Labute approximate surface area is 187 Å². The Kier molecular flexibility index (Phi) is 6.09. The fourth-order valence-corrected chi connectivity index (χ4v) is 4.00. The van der Waals surface area contributed by atoms with Crippen molar-refractivity contribution in [3.63, 3.8) is 0 Å². The molecule has 6 nitrogen and oxygen atoms in total. The van der Waals surface area contributed by atoms with Gasteiger partial charge in [-0.05, 0) is 62.1 Å². The number of aryl methyl sites for hydroxylation is 2. The Bertz CT molecular complexity index is 1150. The number of hydrogen-bond acceptors (Lipinski definition) is 4. The van der Waals surface area contributed by atoms with Gasteiger partial charge in [0.15, 0.2) is 0 Å².